The van der Waals surface area contributed by atoms with Crippen LogP contribution in [0.3, 0.4) is 0 Å². The molecule has 0 unspecified atom stereocenters. The van der Waals surface area contributed by atoms with E-state index >= 15 is 0 Å². The van der Waals surface area contributed by atoms with Gasteiger partial charge in [-0.2, -0.15) is 5.10 Å². The molecule has 1 saturated heterocycles. The number of rotatable bonds is 7. The highest BCUT2D eigenvalue weighted by molar-refractivity contribution is 5.94. The Hall–Kier alpha value is -3.78. The minimum atomic E-state index is 0.700. The molecular weight excluding hydrogens is 484 g/mol. The molecule has 1 aliphatic heterocycles. The van der Waals surface area contributed by atoms with Crippen molar-refractivity contribution in [2.24, 2.45) is 5.92 Å². The van der Waals surface area contributed by atoms with Crippen LogP contribution < -0.4 is 4.90 Å². The number of hydrogen-bond acceptors (Lipinski definition) is 6. The maximum atomic E-state index is 5.08. The van der Waals surface area contributed by atoms with Crippen LogP contribution in [0.4, 0.5) is 5.82 Å². The molecule has 6 rings (SSSR count). The van der Waals surface area contributed by atoms with Crippen LogP contribution in [0.1, 0.15) is 51.1 Å². The van der Waals surface area contributed by atoms with E-state index in [1.165, 1.54) is 37.7 Å². The monoisotopic (exact) mass is 522 g/mol. The Bertz CT molecular complexity index is 1530. The van der Waals surface area contributed by atoms with Crippen molar-refractivity contribution in [3.8, 4) is 11.5 Å². The Labute approximate surface area is 229 Å². The summed E-state index contributed by atoms with van der Waals surface area (Å²) in [5, 5.41) is 7.77. The van der Waals surface area contributed by atoms with Crippen molar-refractivity contribution in [2.45, 2.75) is 45.4 Å². The van der Waals surface area contributed by atoms with Gasteiger partial charge >= 0.3 is 0 Å². The molecular formula is C31H38N8. The van der Waals surface area contributed by atoms with Crippen LogP contribution in [0, 0.1) is 5.92 Å². The van der Waals surface area contributed by atoms with Crippen LogP contribution >= 0.6 is 0 Å². The Morgan fingerprint density at radius 2 is 1.85 bits per heavy atom. The molecule has 202 valence electrons. The van der Waals surface area contributed by atoms with Gasteiger partial charge < -0.3 is 14.8 Å². The van der Waals surface area contributed by atoms with Crippen LogP contribution in [0.2, 0.25) is 0 Å². The number of piperazine rings is 1. The molecule has 4 aromatic heterocycles. The molecule has 0 spiro atoms. The molecule has 0 radical (unpaired) electrons. The van der Waals surface area contributed by atoms with Crippen LogP contribution in [-0.2, 0) is 0 Å². The molecule has 0 aromatic carbocycles. The fourth-order valence-corrected chi connectivity index (χ4v) is 5.94. The molecule has 0 bridgehead atoms. The third-order valence-corrected chi connectivity index (χ3v) is 8.28. The summed E-state index contributed by atoms with van der Waals surface area (Å²) in [6.45, 7) is 10.1. The van der Waals surface area contributed by atoms with Crippen molar-refractivity contribution < 1.29 is 0 Å². The number of nitrogens with zero attached hydrogens (tertiary/aromatic N) is 6. The van der Waals surface area contributed by atoms with Gasteiger partial charge in [0.05, 0.1) is 16.7 Å². The first-order valence-corrected chi connectivity index (χ1v) is 14.3. The van der Waals surface area contributed by atoms with Gasteiger partial charge in [-0.3, -0.25) is 5.10 Å². The first kappa shape index (κ1) is 25.5. The maximum absolute atomic E-state index is 5.08. The molecule has 1 aliphatic carbocycles. The first-order chi connectivity index (χ1) is 19.1. The van der Waals surface area contributed by atoms with Crippen LogP contribution in [0.15, 0.2) is 54.8 Å². The minimum Gasteiger partial charge on any atom is -0.352 e. The number of allylic oxidation sites excluding steroid dienone is 5. The fraction of sp³-hybridized carbons (Fsp3) is 0.419. The number of hydrogen-bond donors (Lipinski definition) is 2. The summed E-state index contributed by atoms with van der Waals surface area (Å²) in [6.07, 6.45) is 16.1. The van der Waals surface area contributed by atoms with E-state index in [2.05, 4.69) is 69.8 Å². The van der Waals surface area contributed by atoms with E-state index in [0.717, 1.165) is 83.4 Å². The third kappa shape index (κ3) is 5.26. The number of imidazole rings is 1. The molecule has 8 nitrogen and oxygen atoms in total. The smallest absolute Gasteiger partial charge is 0.161 e. The molecule has 2 aliphatic rings. The van der Waals surface area contributed by atoms with E-state index < -0.39 is 0 Å². The summed E-state index contributed by atoms with van der Waals surface area (Å²) >= 11 is 0. The van der Waals surface area contributed by atoms with Crippen molar-refractivity contribution in [3.63, 3.8) is 0 Å². The SMILES string of the molecule is C=C/C(=C\C(=C/C)c1ccc2[nH]nc(-c3nc4c(N5CCN(C)CC5)nccc4[nH]3)c2n1)CC1CCCCC1. The summed E-state index contributed by atoms with van der Waals surface area (Å²) in [4.78, 5) is 22.9. The zero-order valence-corrected chi connectivity index (χ0v) is 23.1. The molecule has 2 fully saturated rings. The van der Waals surface area contributed by atoms with Gasteiger partial charge in [-0.15, -0.1) is 0 Å². The second kappa shape index (κ2) is 11.1. The summed E-state index contributed by atoms with van der Waals surface area (Å²) in [6, 6.07) is 6.09. The molecule has 4 aromatic rings. The van der Waals surface area contributed by atoms with Gasteiger partial charge in [0.2, 0.25) is 0 Å². The normalized spacial score (nSPS) is 18.4. The Morgan fingerprint density at radius 1 is 1.03 bits per heavy atom. The molecule has 5 heterocycles. The van der Waals surface area contributed by atoms with Gasteiger partial charge in [-0.25, -0.2) is 15.0 Å². The van der Waals surface area contributed by atoms with Crippen molar-refractivity contribution >= 4 is 33.5 Å². The minimum absolute atomic E-state index is 0.700. The molecule has 0 amide bonds. The van der Waals surface area contributed by atoms with Gasteiger partial charge in [0.1, 0.15) is 11.0 Å². The van der Waals surface area contributed by atoms with Crippen LogP contribution in [0.25, 0.3) is 39.2 Å². The highest BCUT2D eigenvalue weighted by Crippen LogP contribution is 2.32. The second-order valence-electron chi connectivity index (χ2n) is 10.9. The lowest BCUT2D eigenvalue weighted by Crippen LogP contribution is -2.44. The van der Waals surface area contributed by atoms with Gasteiger partial charge in [0, 0.05) is 32.4 Å². The Balaban J connectivity index is 1.32. The van der Waals surface area contributed by atoms with E-state index in [0.29, 0.717) is 5.82 Å². The average molecular weight is 523 g/mol. The van der Waals surface area contributed by atoms with Crippen molar-refractivity contribution in [1.29, 1.82) is 0 Å². The lowest BCUT2D eigenvalue weighted by molar-refractivity contribution is 0.312. The zero-order valence-electron chi connectivity index (χ0n) is 23.1. The quantitative estimate of drug-likeness (QED) is 0.284. The summed E-state index contributed by atoms with van der Waals surface area (Å²) in [7, 11) is 2.16. The predicted octanol–water partition coefficient (Wildman–Crippen LogP) is 6.13. The highest BCUT2D eigenvalue weighted by atomic mass is 15.3. The van der Waals surface area contributed by atoms with Gasteiger partial charge in [0.15, 0.2) is 17.3 Å². The average Bonchev–Trinajstić information content (AvgIpc) is 3.60. The number of nitrogens with one attached hydrogen (secondary N) is 2. The number of aromatic amines is 2. The number of fused-ring (bicyclic) bond motifs is 2. The van der Waals surface area contributed by atoms with Crippen LogP contribution in [0.5, 0.6) is 0 Å². The summed E-state index contributed by atoms with van der Waals surface area (Å²) in [5.74, 6) is 2.38. The predicted molar refractivity (Wildman–Crippen MR) is 160 cm³/mol. The summed E-state index contributed by atoms with van der Waals surface area (Å²) in [5.41, 5.74) is 7.55. The number of anilines is 1. The fourth-order valence-electron chi connectivity index (χ4n) is 5.94. The topological polar surface area (TPSA) is 89.6 Å². The summed E-state index contributed by atoms with van der Waals surface area (Å²) < 4.78 is 0. The lowest BCUT2D eigenvalue weighted by atomic mass is 9.84. The van der Waals surface area contributed by atoms with Crippen LogP contribution in [-0.4, -0.2) is 68.3 Å². The zero-order chi connectivity index (χ0) is 26.8. The molecule has 0 atom stereocenters. The van der Waals surface area contributed by atoms with Gasteiger partial charge in [-0.1, -0.05) is 50.8 Å². The van der Waals surface area contributed by atoms with E-state index in [4.69, 9.17) is 15.0 Å². The van der Waals surface area contributed by atoms with Crippen molar-refractivity contribution in [2.75, 3.05) is 38.1 Å². The third-order valence-electron chi connectivity index (χ3n) is 8.28. The van der Waals surface area contributed by atoms with Gasteiger partial charge in [0.25, 0.3) is 0 Å². The van der Waals surface area contributed by atoms with E-state index in [-0.39, 0.29) is 0 Å². The molecule has 2 N–H and O–H groups in total. The molecule has 1 saturated carbocycles. The second-order valence-corrected chi connectivity index (χ2v) is 10.9. The Morgan fingerprint density at radius 3 is 2.62 bits per heavy atom. The van der Waals surface area contributed by atoms with Gasteiger partial charge in [-0.05, 0) is 61.7 Å². The maximum Gasteiger partial charge on any atom is 0.161 e. The van der Waals surface area contributed by atoms with E-state index in [1.807, 2.05) is 18.3 Å². The first-order valence-electron chi connectivity index (χ1n) is 14.3. The lowest BCUT2D eigenvalue weighted by Gasteiger charge is -2.33. The number of H-pyrrole nitrogens is 2. The number of aromatic nitrogens is 6. The standard InChI is InChI=1S/C31H38N8/c1-4-21(19-22-9-7-6-8-10-22)20-23(5-2)24-11-12-26-27(33-24)29(37-36-26)30-34-25-13-14-32-31(28(25)35-30)39-17-15-38(3)16-18-39/h4-5,11-14,20,22H,1,6-10,15-19H2,2-3H3,(H,34,35)(H,36,37)/b21-20+,23-5+. The largest absolute Gasteiger partial charge is 0.352 e. The van der Waals surface area contributed by atoms with E-state index in [9.17, 15) is 0 Å². The molecule has 39 heavy (non-hydrogen) atoms. The Kier molecular flexibility index (Phi) is 7.28. The highest BCUT2D eigenvalue weighted by Gasteiger charge is 2.21. The van der Waals surface area contributed by atoms with E-state index in [1.54, 1.807) is 0 Å². The van der Waals surface area contributed by atoms with Crippen molar-refractivity contribution in [1.82, 2.24) is 35.0 Å². The van der Waals surface area contributed by atoms with Crippen molar-refractivity contribution in [3.05, 3.63) is 60.5 Å². The molecule has 8 heteroatoms. The number of pyridine rings is 2. The number of likely N-dealkylation sites (N-methyl/N-ethyl adjacent to an activating group) is 1.